The summed E-state index contributed by atoms with van der Waals surface area (Å²) in [7, 11) is 0. The molecule has 0 amide bonds. The Hall–Kier alpha value is -2.20. The van der Waals surface area contributed by atoms with Crippen molar-refractivity contribution in [2.45, 2.75) is 151 Å². The van der Waals surface area contributed by atoms with Crippen LogP contribution >= 0.6 is 0 Å². The van der Waals surface area contributed by atoms with E-state index in [1.165, 1.54) is 12.8 Å². The molecule has 9 aliphatic rings. The fraction of sp³-hybridized carbons (Fsp3) is 1.00. The monoisotopic (exact) mass is 795 g/mol. The number of fused-ring (bicyclic) bond motifs is 20. The SMILES string of the molecule is O=[N+]([O-])C1C2C3NC4NC(NC5NC(NC6NC(NC(N3)C2C([N+](=O)[O-])C([N+](=O)[O-])C1[N+](=O)[O-])C1CCCCC61)C1CCCCC51)C1CCCCC41.[Cu+2]. The average Bonchev–Trinajstić information content (AvgIpc) is 3.86. The minimum absolute atomic E-state index is 0. The van der Waals surface area contributed by atoms with Crippen LogP contribution in [-0.2, 0) is 17.1 Å². The van der Waals surface area contributed by atoms with E-state index in [9.17, 15) is 40.5 Å². The minimum atomic E-state index is -2.38. The third-order valence-corrected chi connectivity index (χ3v) is 15.1. The molecule has 9 rings (SSSR count). The Balaban J connectivity index is 0.00000400. The van der Waals surface area contributed by atoms with Crippen LogP contribution < -0.4 is 42.5 Å². The molecule has 53 heavy (non-hydrogen) atoms. The zero-order chi connectivity index (χ0) is 36.0. The molecule has 4 aliphatic carbocycles. The van der Waals surface area contributed by atoms with Gasteiger partial charge in [-0.15, -0.1) is 0 Å². The molecule has 8 bridgehead atoms. The Labute approximate surface area is 317 Å². The molecule has 20 unspecified atom stereocenters. The zero-order valence-electron chi connectivity index (χ0n) is 29.4. The van der Waals surface area contributed by atoms with Crippen molar-refractivity contribution in [3.05, 3.63) is 40.5 Å². The Morgan fingerprint density at radius 3 is 0.717 bits per heavy atom. The van der Waals surface area contributed by atoms with Crippen LogP contribution in [0.2, 0.25) is 0 Å². The van der Waals surface area contributed by atoms with E-state index in [1.54, 1.807) is 0 Å². The molecule has 0 aromatic carbocycles. The molecular formula is C32H52CuN12O8+2. The minimum Gasteiger partial charge on any atom is -0.286 e. The van der Waals surface area contributed by atoms with Gasteiger partial charge in [-0.25, -0.2) is 0 Å². The van der Waals surface area contributed by atoms with Gasteiger partial charge in [0.1, 0.15) is 0 Å². The molecule has 4 saturated carbocycles. The molecule has 5 aliphatic heterocycles. The van der Waals surface area contributed by atoms with Gasteiger partial charge in [0, 0.05) is 19.7 Å². The maximum atomic E-state index is 12.9. The van der Waals surface area contributed by atoms with Crippen LogP contribution in [-0.4, -0.2) is 93.2 Å². The molecule has 5 saturated heterocycles. The summed E-state index contributed by atoms with van der Waals surface area (Å²) in [5.41, 5.74) is 0. The number of nitrogens with one attached hydrogen (secondary N) is 8. The molecule has 20 atom stereocenters. The van der Waals surface area contributed by atoms with Gasteiger partial charge in [-0.2, -0.15) is 0 Å². The first-order valence-corrected chi connectivity index (χ1v) is 19.7. The second-order valence-electron chi connectivity index (χ2n) is 17.2. The number of nitrogens with zero attached hydrogens (tertiary/aromatic N) is 4. The van der Waals surface area contributed by atoms with E-state index in [1.807, 2.05) is 0 Å². The van der Waals surface area contributed by atoms with Gasteiger partial charge >= 0.3 is 29.2 Å². The number of rotatable bonds is 4. The molecule has 20 nitrogen and oxygen atoms in total. The summed E-state index contributed by atoms with van der Waals surface area (Å²) >= 11 is 0. The van der Waals surface area contributed by atoms with Crippen molar-refractivity contribution in [1.29, 1.82) is 0 Å². The van der Waals surface area contributed by atoms with Crippen molar-refractivity contribution < 1.29 is 36.8 Å². The smallest absolute Gasteiger partial charge is 0.286 e. The molecule has 1 radical (unpaired) electrons. The van der Waals surface area contributed by atoms with Crippen molar-refractivity contribution in [3.8, 4) is 0 Å². The zero-order valence-corrected chi connectivity index (χ0v) is 30.3. The van der Waals surface area contributed by atoms with E-state index in [0.717, 1.165) is 64.2 Å². The second kappa shape index (κ2) is 14.7. The predicted molar refractivity (Wildman–Crippen MR) is 182 cm³/mol. The van der Waals surface area contributed by atoms with E-state index in [4.69, 9.17) is 0 Å². The van der Waals surface area contributed by atoms with Crippen LogP contribution in [0, 0.1) is 87.8 Å². The first kappa shape index (κ1) is 37.7. The summed E-state index contributed by atoms with van der Waals surface area (Å²) in [4.78, 5) is 47.2. The maximum absolute atomic E-state index is 12.9. The van der Waals surface area contributed by atoms with E-state index in [-0.39, 0.29) is 77.7 Å². The van der Waals surface area contributed by atoms with Gasteiger partial charge in [-0.3, -0.25) is 83.0 Å². The molecule has 21 heteroatoms. The van der Waals surface area contributed by atoms with Crippen molar-refractivity contribution in [3.63, 3.8) is 0 Å². The van der Waals surface area contributed by atoms with E-state index >= 15 is 0 Å². The van der Waals surface area contributed by atoms with Gasteiger partial charge < -0.3 is 0 Å². The molecular weight excluding hydrogens is 744 g/mol. The van der Waals surface area contributed by atoms with Crippen LogP contribution in [0.25, 0.3) is 0 Å². The van der Waals surface area contributed by atoms with Crippen LogP contribution in [0.3, 0.4) is 0 Å². The van der Waals surface area contributed by atoms with Crippen molar-refractivity contribution >= 4 is 0 Å². The van der Waals surface area contributed by atoms with Crippen molar-refractivity contribution in [2.75, 3.05) is 0 Å². The summed E-state index contributed by atoms with van der Waals surface area (Å²) in [5, 5.41) is 81.0. The average molecular weight is 796 g/mol. The summed E-state index contributed by atoms with van der Waals surface area (Å²) in [6.45, 7) is 0. The largest absolute Gasteiger partial charge is 2.00 e. The van der Waals surface area contributed by atoms with Crippen LogP contribution in [0.4, 0.5) is 0 Å². The number of nitro groups is 4. The van der Waals surface area contributed by atoms with Crippen molar-refractivity contribution in [1.82, 2.24) is 42.5 Å². The van der Waals surface area contributed by atoms with E-state index < -0.39 is 68.0 Å². The Morgan fingerprint density at radius 1 is 0.321 bits per heavy atom. The van der Waals surface area contributed by atoms with Gasteiger partial charge in [-0.05, 0) is 74.0 Å². The fourth-order valence-corrected chi connectivity index (χ4v) is 13.1. The Bertz CT molecular complexity index is 1350. The maximum Gasteiger partial charge on any atom is 2.00 e. The number of hydrogen-bond acceptors (Lipinski definition) is 16. The first-order chi connectivity index (χ1) is 25.1. The third-order valence-electron chi connectivity index (χ3n) is 15.1. The normalized spacial score (nSPS) is 51.5. The van der Waals surface area contributed by atoms with Gasteiger partial charge in [-0.1, -0.05) is 38.5 Å². The van der Waals surface area contributed by atoms with Gasteiger partial charge in [0.2, 0.25) is 0 Å². The third kappa shape index (κ3) is 6.26. The van der Waals surface area contributed by atoms with Gasteiger partial charge in [0.05, 0.1) is 61.2 Å². The standard InChI is InChI=1S/C32H52N12O8.Cu/c45-41(46)21-19-20(22(42(47)48)24(44(51)52)23(21)43(49)50)32-39-30-18-12-6-4-10-16(18)28(37-30)35-26-14-8-2-1-7-13(14)25(33-26)34-27-15-9-3-5-11-17(15)29(36-27)38-31(19)40-32;/h13-40H,1-12H2;/q;+2. The van der Waals surface area contributed by atoms with E-state index in [2.05, 4.69) is 42.5 Å². The molecule has 9 fully saturated rings. The van der Waals surface area contributed by atoms with Gasteiger partial charge in [0.25, 0.3) is 12.1 Å². The summed E-state index contributed by atoms with van der Waals surface area (Å²) in [6, 6.07) is -8.81. The summed E-state index contributed by atoms with van der Waals surface area (Å²) < 4.78 is 0. The van der Waals surface area contributed by atoms with Crippen molar-refractivity contribution in [2.24, 2.45) is 47.3 Å². The molecule has 297 valence electrons. The Kier molecular flexibility index (Phi) is 10.5. The molecule has 0 aromatic rings. The second-order valence-corrected chi connectivity index (χ2v) is 17.2. The predicted octanol–water partition coefficient (Wildman–Crippen LogP) is -0.376. The number of hydrogen-bond donors (Lipinski definition) is 8. The fourth-order valence-electron chi connectivity index (χ4n) is 13.1. The quantitative estimate of drug-likeness (QED) is 0.102. The molecule has 5 heterocycles. The molecule has 0 spiro atoms. The molecule has 8 N–H and O–H groups in total. The van der Waals surface area contributed by atoms with Crippen LogP contribution in [0.15, 0.2) is 0 Å². The summed E-state index contributed by atoms with van der Waals surface area (Å²) in [5.74, 6) is -0.811. The van der Waals surface area contributed by atoms with Crippen LogP contribution in [0.5, 0.6) is 0 Å². The molecule has 0 aromatic heterocycles. The van der Waals surface area contributed by atoms with E-state index in [0.29, 0.717) is 11.8 Å². The topological polar surface area (TPSA) is 269 Å². The Morgan fingerprint density at radius 2 is 0.509 bits per heavy atom. The van der Waals surface area contributed by atoms with Gasteiger partial charge in [0.15, 0.2) is 0 Å². The summed E-state index contributed by atoms with van der Waals surface area (Å²) in [6.07, 6.45) is 10.1. The first-order valence-electron chi connectivity index (χ1n) is 19.7. The van der Waals surface area contributed by atoms with Crippen LogP contribution in [0.1, 0.15) is 77.0 Å².